The van der Waals surface area contributed by atoms with Crippen molar-refractivity contribution in [1.29, 1.82) is 0 Å². The Kier molecular flexibility index (Phi) is 13.1. The van der Waals surface area contributed by atoms with Crippen LogP contribution >= 0.6 is 11.6 Å². The second-order valence-electron chi connectivity index (χ2n) is 13.4. The summed E-state index contributed by atoms with van der Waals surface area (Å²) in [5, 5.41) is 10.9. The standard InChI is InChI=1S/C31H54ClNO3Si/c1-23(29(35)33(9)24(2)28(34)26-19-13-12-14-20-26)17-15-16-18-25(22-32)21-27(30(3,4)5)36-37(10,11)31(6,7)8/h12-14,19-20,22-24,27-28,34H,15-18,21H2,1-11H3/b25-22+/t23-,24+,27-,28-/m0/s1. The maximum Gasteiger partial charge on any atom is 0.225 e. The Labute approximate surface area is 234 Å². The number of halogens is 1. The topological polar surface area (TPSA) is 49.8 Å². The van der Waals surface area contributed by atoms with Crippen molar-refractivity contribution in [1.82, 2.24) is 4.90 Å². The van der Waals surface area contributed by atoms with Crippen LogP contribution in [0, 0.1) is 11.3 Å². The van der Waals surface area contributed by atoms with Gasteiger partial charge in [0.15, 0.2) is 8.32 Å². The summed E-state index contributed by atoms with van der Waals surface area (Å²) in [6, 6.07) is 9.23. The number of carbonyl (C=O) groups excluding carboxylic acids is 1. The number of unbranched alkanes of at least 4 members (excludes halogenated alkanes) is 1. The number of likely N-dealkylation sites (N-methyl/N-ethyl adjacent to an activating group) is 1. The largest absolute Gasteiger partial charge is 0.413 e. The van der Waals surface area contributed by atoms with Gasteiger partial charge in [0.05, 0.1) is 18.2 Å². The minimum atomic E-state index is -1.90. The van der Waals surface area contributed by atoms with E-state index in [0.29, 0.717) is 0 Å². The highest BCUT2D eigenvalue weighted by molar-refractivity contribution is 6.74. The van der Waals surface area contributed by atoms with Gasteiger partial charge in [0.25, 0.3) is 0 Å². The first kappa shape index (κ1) is 33.9. The molecule has 0 aliphatic heterocycles. The van der Waals surface area contributed by atoms with E-state index >= 15 is 0 Å². The Balaban J connectivity index is 2.63. The maximum absolute atomic E-state index is 13.0. The lowest BCUT2D eigenvalue weighted by Crippen LogP contribution is -2.47. The third-order valence-corrected chi connectivity index (χ3v) is 13.0. The third-order valence-electron chi connectivity index (χ3n) is 8.17. The molecule has 0 fully saturated rings. The molecule has 1 rings (SSSR count). The molecule has 0 aliphatic rings. The van der Waals surface area contributed by atoms with E-state index in [1.807, 2.05) is 44.2 Å². The number of carbonyl (C=O) groups is 1. The van der Waals surface area contributed by atoms with Crippen LogP contribution in [0.4, 0.5) is 0 Å². The van der Waals surface area contributed by atoms with Gasteiger partial charge in [-0.25, -0.2) is 0 Å². The molecule has 0 radical (unpaired) electrons. The second-order valence-corrected chi connectivity index (χ2v) is 18.4. The molecule has 0 aliphatic carbocycles. The predicted octanol–water partition coefficient (Wildman–Crippen LogP) is 8.71. The summed E-state index contributed by atoms with van der Waals surface area (Å²) in [6.45, 7) is 22.1. The van der Waals surface area contributed by atoms with Gasteiger partial charge in [-0.3, -0.25) is 4.79 Å². The van der Waals surface area contributed by atoms with E-state index in [9.17, 15) is 9.90 Å². The molecule has 4 atom stereocenters. The summed E-state index contributed by atoms with van der Waals surface area (Å²) in [6.07, 6.45) is 3.92. The zero-order valence-electron chi connectivity index (χ0n) is 25.4. The van der Waals surface area contributed by atoms with Gasteiger partial charge in [-0.2, -0.15) is 0 Å². The van der Waals surface area contributed by atoms with Crippen LogP contribution in [0.3, 0.4) is 0 Å². The maximum atomic E-state index is 13.0. The Morgan fingerprint density at radius 1 is 1.08 bits per heavy atom. The highest BCUT2D eigenvalue weighted by Crippen LogP contribution is 2.41. The molecule has 0 unspecified atom stereocenters. The third kappa shape index (κ3) is 10.5. The number of nitrogens with zero attached hydrogens (tertiary/aromatic N) is 1. The van der Waals surface area contributed by atoms with Gasteiger partial charge in [0.2, 0.25) is 5.91 Å². The summed E-state index contributed by atoms with van der Waals surface area (Å²) in [7, 11) is -0.113. The lowest BCUT2D eigenvalue weighted by molar-refractivity contribution is -0.138. The first-order chi connectivity index (χ1) is 16.9. The molecule has 0 saturated carbocycles. The van der Waals surface area contributed by atoms with Crippen LogP contribution in [-0.2, 0) is 9.22 Å². The van der Waals surface area contributed by atoms with Gasteiger partial charge in [-0.15, -0.1) is 0 Å². The number of amides is 1. The van der Waals surface area contributed by atoms with Crippen LogP contribution < -0.4 is 0 Å². The average molecular weight is 552 g/mol. The zero-order valence-corrected chi connectivity index (χ0v) is 27.2. The van der Waals surface area contributed by atoms with Crippen molar-refractivity contribution in [2.75, 3.05) is 7.05 Å². The van der Waals surface area contributed by atoms with Crippen LogP contribution in [0.2, 0.25) is 18.1 Å². The molecule has 0 heterocycles. The lowest BCUT2D eigenvalue weighted by Gasteiger charge is -2.43. The highest BCUT2D eigenvalue weighted by Gasteiger charge is 2.41. The van der Waals surface area contributed by atoms with Crippen LogP contribution in [0.1, 0.15) is 99.2 Å². The molecular weight excluding hydrogens is 498 g/mol. The molecule has 1 aromatic rings. The zero-order chi connectivity index (χ0) is 28.6. The van der Waals surface area contributed by atoms with Crippen molar-refractivity contribution in [2.45, 2.75) is 124 Å². The van der Waals surface area contributed by atoms with Gasteiger partial charge >= 0.3 is 0 Å². The fraction of sp³-hybridized carbons (Fsp3) is 0.710. The number of hydrogen-bond acceptors (Lipinski definition) is 3. The summed E-state index contributed by atoms with van der Waals surface area (Å²) >= 11 is 6.28. The fourth-order valence-corrected chi connectivity index (χ4v) is 5.81. The first-order valence-corrected chi connectivity index (χ1v) is 17.2. The van der Waals surface area contributed by atoms with Gasteiger partial charge in [-0.05, 0) is 61.7 Å². The number of rotatable bonds is 13. The molecule has 1 N–H and O–H groups in total. The number of aliphatic hydroxyl groups excluding tert-OH is 1. The SMILES string of the molecule is C[C@H]([C@H](O)c1ccccc1)N(C)C(=O)[C@@H](C)CCCC/C(=C\Cl)C[C@H](O[Si](C)(C)C(C)(C)C)C(C)(C)C. The van der Waals surface area contributed by atoms with Crippen molar-refractivity contribution in [2.24, 2.45) is 11.3 Å². The second kappa shape index (κ2) is 14.3. The molecule has 0 saturated heterocycles. The summed E-state index contributed by atoms with van der Waals surface area (Å²) in [5.74, 6) is -0.0192. The normalized spacial score (nSPS) is 16.7. The Morgan fingerprint density at radius 3 is 2.14 bits per heavy atom. The van der Waals surface area contributed by atoms with Crippen molar-refractivity contribution in [3.63, 3.8) is 0 Å². The quantitative estimate of drug-likeness (QED) is 0.197. The highest BCUT2D eigenvalue weighted by atomic mass is 35.5. The van der Waals surface area contributed by atoms with Gasteiger partial charge in [0.1, 0.15) is 0 Å². The van der Waals surface area contributed by atoms with Crippen LogP contribution in [0.25, 0.3) is 0 Å². The molecule has 6 heteroatoms. The fourth-order valence-electron chi connectivity index (χ4n) is 4.11. The number of hydrogen-bond donors (Lipinski definition) is 1. The van der Waals surface area contributed by atoms with E-state index in [-0.39, 0.29) is 34.4 Å². The summed E-state index contributed by atoms with van der Waals surface area (Å²) in [4.78, 5) is 14.7. The molecule has 1 aromatic carbocycles. The average Bonchev–Trinajstić information content (AvgIpc) is 2.82. The predicted molar refractivity (Wildman–Crippen MR) is 161 cm³/mol. The molecule has 1 amide bonds. The number of aliphatic hydroxyl groups is 1. The Hall–Kier alpha value is -1.14. The molecular formula is C31H54ClNO3Si. The molecule has 4 nitrogen and oxygen atoms in total. The molecule has 0 bridgehead atoms. The number of benzene rings is 1. The van der Waals surface area contributed by atoms with E-state index in [0.717, 1.165) is 37.7 Å². The van der Waals surface area contributed by atoms with Crippen molar-refractivity contribution < 1.29 is 14.3 Å². The minimum Gasteiger partial charge on any atom is -0.413 e. The van der Waals surface area contributed by atoms with Crippen molar-refractivity contribution in [3.05, 3.63) is 47.0 Å². The van der Waals surface area contributed by atoms with Crippen LogP contribution in [0.5, 0.6) is 0 Å². The van der Waals surface area contributed by atoms with E-state index in [4.69, 9.17) is 16.0 Å². The van der Waals surface area contributed by atoms with E-state index < -0.39 is 14.4 Å². The first-order valence-electron chi connectivity index (χ1n) is 13.9. The smallest absolute Gasteiger partial charge is 0.225 e. The summed E-state index contributed by atoms with van der Waals surface area (Å²) < 4.78 is 6.84. The van der Waals surface area contributed by atoms with Crippen LogP contribution in [0.15, 0.2) is 41.4 Å². The van der Waals surface area contributed by atoms with Crippen LogP contribution in [-0.4, -0.2) is 43.4 Å². The van der Waals surface area contributed by atoms with E-state index in [1.165, 1.54) is 5.57 Å². The van der Waals surface area contributed by atoms with Crippen molar-refractivity contribution >= 4 is 25.8 Å². The van der Waals surface area contributed by atoms with Gasteiger partial charge in [-0.1, -0.05) is 102 Å². The summed E-state index contributed by atoms with van der Waals surface area (Å²) in [5.41, 5.74) is 3.81. The Bertz CT molecular complexity index is 857. The molecule has 0 spiro atoms. The van der Waals surface area contributed by atoms with Gasteiger partial charge < -0.3 is 14.4 Å². The Morgan fingerprint density at radius 2 is 1.65 bits per heavy atom. The molecule has 212 valence electrons. The molecule has 0 aromatic heterocycles. The minimum absolute atomic E-state index is 0.0210. The van der Waals surface area contributed by atoms with E-state index in [1.54, 1.807) is 17.5 Å². The molecule has 37 heavy (non-hydrogen) atoms. The van der Waals surface area contributed by atoms with E-state index in [2.05, 4.69) is 54.6 Å². The monoisotopic (exact) mass is 551 g/mol. The lowest BCUT2D eigenvalue weighted by atomic mass is 9.84. The van der Waals surface area contributed by atoms with Crippen molar-refractivity contribution in [3.8, 4) is 0 Å². The van der Waals surface area contributed by atoms with Gasteiger partial charge in [0, 0.05) is 18.5 Å².